The van der Waals surface area contributed by atoms with Crippen molar-refractivity contribution in [2.24, 2.45) is 0 Å². The molecular weight excluding hydrogens is 228 g/mol. The molecule has 18 heavy (non-hydrogen) atoms. The quantitative estimate of drug-likeness (QED) is 0.819. The predicted octanol–water partition coefficient (Wildman–Crippen LogP) is 3.66. The van der Waals surface area contributed by atoms with Crippen molar-refractivity contribution in [3.05, 3.63) is 24.1 Å². The van der Waals surface area contributed by atoms with Crippen molar-refractivity contribution in [2.45, 2.75) is 39.5 Å². The third-order valence-electron chi connectivity index (χ3n) is 2.79. The van der Waals surface area contributed by atoms with Crippen LogP contribution >= 0.6 is 0 Å². The number of fused-ring (bicyclic) bond motifs is 1. The van der Waals surface area contributed by atoms with Crippen LogP contribution in [0.5, 0.6) is 0 Å². The Labute approximate surface area is 106 Å². The molecule has 4 nitrogen and oxygen atoms in total. The minimum Gasteiger partial charge on any atom is -0.441 e. The molecule has 1 aromatic heterocycles. The van der Waals surface area contributed by atoms with Crippen LogP contribution in [0.15, 0.2) is 22.6 Å². The molecule has 0 unspecified atom stereocenters. The number of anilines is 1. The highest BCUT2D eigenvalue weighted by Gasteiger charge is 2.05. The molecule has 0 atom stereocenters. The maximum Gasteiger partial charge on any atom is 0.224 e. The largest absolute Gasteiger partial charge is 0.441 e. The Hall–Kier alpha value is -1.84. The minimum absolute atomic E-state index is 0.0583. The fourth-order valence-corrected chi connectivity index (χ4v) is 1.88. The molecule has 4 heteroatoms. The van der Waals surface area contributed by atoms with Gasteiger partial charge in [-0.1, -0.05) is 19.8 Å². The number of hydrogen-bond donors (Lipinski definition) is 1. The van der Waals surface area contributed by atoms with Crippen LogP contribution in [0.3, 0.4) is 0 Å². The van der Waals surface area contributed by atoms with Gasteiger partial charge in [-0.25, -0.2) is 4.98 Å². The van der Waals surface area contributed by atoms with Crippen molar-refractivity contribution >= 4 is 22.7 Å². The molecule has 0 saturated heterocycles. The van der Waals surface area contributed by atoms with E-state index in [1.54, 1.807) is 0 Å². The van der Waals surface area contributed by atoms with E-state index in [-0.39, 0.29) is 5.91 Å². The number of hydrogen-bond acceptors (Lipinski definition) is 3. The van der Waals surface area contributed by atoms with E-state index in [1.165, 1.54) is 0 Å². The summed E-state index contributed by atoms with van der Waals surface area (Å²) in [5.41, 5.74) is 2.30. The van der Waals surface area contributed by atoms with E-state index >= 15 is 0 Å². The number of aryl methyl sites for hydroxylation is 1. The Morgan fingerprint density at radius 3 is 3.00 bits per heavy atom. The lowest BCUT2D eigenvalue weighted by Gasteiger charge is -2.04. The van der Waals surface area contributed by atoms with E-state index in [1.807, 2.05) is 25.1 Å². The SMILES string of the molecule is CCCCCC(=O)Nc1ccc2oc(C)nc2c1. The van der Waals surface area contributed by atoms with Gasteiger partial charge in [0.25, 0.3) is 0 Å². The summed E-state index contributed by atoms with van der Waals surface area (Å²) in [6.07, 6.45) is 3.73. The van der Waals surface area contributed by atoms with Crippen molar-refractivity contribution in [3.63, 3.8) is 0 Å². The lowest BCUT2D eigenvalue weighted by Crippen LogP contribution is -2.10. The Bertz CT molecular complexity index is 546. The number of aromatic nitrogens is 1. The Kier molecular flexibility index (Phi) is 3.97. The zero-order chi connectivity index (χ0) is 13.0. The second kappa shape index (κ2) is 5.67. The zero-order valence-corrected chi connectivity index (χ0v) is 10.8. The van der Waals surface area contributed by atoms with Gasteiger partial charge in [0.15, 0.2) is 11.5 Å². The van der Waals surface area contributed by atoms with Crippen LogP contribution < -0.4 is 5.32 Å². The molecule has 1 aromatic carbocycles. The smallest absolute Gasteiger partial charge is 0.224 e. The second-order valence-electron chi connectivity index (χ2n) is 4.42. The van der Waals surface area contributed by atoms with Crippen LogP contribution in [-0.4, -0.2) is 10.9 Å². The maximum absolute atomic E-state index is 11.7. The van der Waals surface area contributed by atoms with Gasteiger partial charge in [0.05, 0.1) is 0 Å². The van der Waals surface area contributed by atoms with Gasteiger partial charge < -0.3 is 9.73 Å². The van der Waals surface area contributed by atoms with Crippen molar-refractivity contribution < 1.29 is 9.21 Å². The normalized spacial score (nSPS) is 10.8. The van der Waals surface area contributed by atoms with E-state index in [2.05, 4.69) is 17.2 Å². The zero-order valence-electron chi connectivity index (χ0n) is 10.8. The number of carbonyl (C=O) groups excluding carboxylic acids is 1. The van der Waals surface area contributed by atoms with Gasteiger partial charge in [-0.05, 0) is 24.6 Å². The monoisotopic (exact) mass is 246 g/mol. The third kappa shape index (κ3) is 3.09. The summed E-state index contributed by atoms with van der Waals surface area (Å²) in [6, 6.07) is 5.51. The van der Waals surface area contributed by atoms with Gasteiger partial charge in [0.1, 0.15) is 5.52 Å². The Balaban J connectivity index is 2.00. The molecule has 96 valence electrons. The summed E-state index contributed by atoms with van der Waals surface area (Å²) in [4.78, 5) is 15.9. The summed E-state index contributed by atoms with van der Waals surface area (Å²) in [5.74, 6) is 0.694. The predicted molar refractivity (Wildman–Crippen MR) is 71.5 cm³/mol. The molecule has 0 bridgehead atoms. The molecule has 0 aliphatic rings. The number of nitrogens with zero attached hydrogens (tertiary/aromatic N) is 1. The van der Waals surface area contributed by atoms with Crippen molar-refractivity contribution in [2.75, 3.05) is 5.32 Å². The molecule has 1 N–H and O–H groups in total. The molecule has 1 heterocycles. The standard InChI is InChI=1S/C14H18N2O2/c1-3-4-5-6-14(17)16-11-7-8-13-12(9-11)15-10(2)18-13/h7-9H,3-6H2,1-2H3,(H,16,17). The van der Waals surface area contributed by atoms with E-state index in [0.29, 0.717) is 12.3 Å². The van der Waals surface area contributed by atoms with Gasteiger partial charge in [-0.15, -0.1) is 0 Å². The average molecular weight is 246 g/mol. The fraction of sp³-hybridized carbons (Fsp3) is 0.429. The van der Waals surface area contributed by atoms with Crippen LogP contribution in [-0.2, 0) is 4.79 Å². The van der Waals surface area contributed by atoms with Crippen LogP contribution in [0, 0.1) is 6.92 Å². The number of amides is 1. The number of carbonyl (C=O) groups is 1. The average Bonchev–Trinajstić information content (AvgIpc) is 2.69. The second-order valence-corrected chi connectivity index (χ2v) is 4.42. The molecule has 2 aromatic rings. The topological polar surface area (TPSA) is 55.1 Å². The first kappa shape index (κ1) is 12.6. The number of rotatable bonds is 5. The van der Waals surface area contributed by atoms with Gasteiger partial charge in [0, 0.05) is 19.0 Å². The van der Waals surface area contributed by atoms with E-state index < -0.39 is 0 Å². The van der Waals surface area contributed by atoms with E-state index in [9.17, 15) is 4.79 Å². The molecule has 1 amide bonds. The van der Waals surface area contributed by atoms with Crippen LogP contribution in [0.4, 0.5) is 5.69 Å². The molecule has 0 aliphatic heterocycles. The lowest BCUT2D eigenvalue weighted by molar-refractivity contribution is -0.116. The van der Waals surface area contributed by atoms with Crippen molar-refractivity contribution in [3.8, 4) is 0 Å². The molecule has 0 spiro atoms. The van der Waals surface area contributed by atoms with Crippen molar-refractivity contribution in [1.82, 2.24) is 4.98 Å². The molecule has 0 aliphatic carbocycles. The molecule has 0 fully saturated rings. The van der Waals surface area contributed by atoms with Crippen LogP contribution in [0.25, 0.3) is 11.1 Å². The summed E-state index contributed by atoms with van der Waals surface area (Å²) >= 11 is 0. The number of oxazole rings is 1. The Morgan fingerprint density at radius 1 is 1.39 bits per heavy atom. The summed E-state index contributed by atoms with van der Waals surface area (Å²) in [6.45, 7) is 3.93. The van der Waals surface area contributed by atoms with Gasteiger partial charge in [0.2, 0.25) is 5.91 Å². The summed E-state index contributed by atoms with van der Waals surface area (Å²) in [5, 5.41) is 2.88. The lowest BCUT2D eigenvalue weighted by atomic mass is 10.2. The Morgan fingerprint density at radius 2 is 2.22 bits per heavy atom. The fourth-order valence-electron chi connectivity index (χ4n) is 1.88. The van der Waals surface area contributed by atoms with Crippen LogP contribution in [0.2, 0.25) is 0 Å². The summed E-state index contributed by atoms with van der Waals surface area (Å²) < 4.78 is 5.38. The molecular formula is C14H18N2O2. The number of unbranched alkanes of at least 4 members (excludes halogenated alkanes) is 2. The first-order chi connectivity index (χ1) is 8.69. The van der Waals surface area contributed by atoms with Gasteiger partial charge >= 0.3 is 0 Å². The van der Waals surface area contributed by atoms with Crippen LogP contribution in [0.1, 0.15) is 38.5 Å². The summed E-state index contributed by atoms with van der Waals surface area (Å²) in [7, 11) is 0. The highest BCUT2D eigenvalue weighted by atomic mass is 16.3. The third-order valence-corrected chi connectivity index (χ3v) is 2.79. The van der Waals surface area contributed by atoms with Gasteiger partial charge in [-0.2, -0.15) is 0 Å². The van der Waals surface area contributed by atoms with E-state index in [4.69, 9.17) is 4.42 Å². The minimum atomic E-state index is 0.0583. The molecule has 0 saturated carbocycles. The number of benzene rings is 1. The van der Waals surface area contributed by atoms with E-state index in [0.717, 1.165) is 36.0 Å². The number of nitrogens with one attached hydrogen (secondary N) is 1. The first-order valence-corrected chi connectivity index (χ1v) is 6.36. The highest BCUT2D eigenvalue weighted by molar-refractivity contribution is 5.92. The maximum atomic E-state index is 11.7. The van der Waals surface area contributed by atoms with Gasteiger partial charge in [-0.3, -0.25) is 4.79 Å². The molecule has 2 rings (SSSR count). The first-order valence-electron chi connectivity index (χ1n) is 6.36. The highest BCUT2D eigenvalue weighted by Crippen LogP contribution is 2.19. The molecule has 0 radical (unpaired) electrons. The van der Waals surface area contributed by atoms with Crippen molar-refractivity contribution in [1.29, 1.82) is 0 Å².